The summed E-state index contributed by atoms with van der Waals surface area (Å²) >= 11 is 5.29. The van der Waals surface area contributed by atoms with Crippen LogP contribution in [-0.2, 0) is 0 Å². The summed E-state index contributed by atoms with van der Waals surface area (Å²) in [6, 6.07) is 16.6. The molecule has 18 heavy (non-hydrogen) atoms. The van der Waals surface area contributed by atoms with Gasteiger partial charge in [-0.2, -0.15) is 0 Å². The first-order valence-electron chi connectivity index (χ1n) is 5.43. The van der Waals surface area contributed by atoms with E-state index in [0.717, 1.165) is 5.69 Å². The Morgan fingerprint density at radius 2 is 1.50 bits per heavy atom. The van der Waals surface area contributed by atoms with Crippen molar-refractivity contribution >= 4 is 28.8 Å². The Bertz CT molecular complexity index is 581. The maximum absolute atomic E-state index is 11.3. The number of carbonyl (C=O) groups is 1. The number of hydrogen-bond donors (Lipinski definition) is 2. The third-order valence-electron chi connectivity index (χ3n) is 2.47. The van der Waals surface area contributed by atoms with Crippen LogP contribution in [0.5, 0.6) is 0 Å². The number of primary amides is 1. The van der Waals surface area contributed by atoms with E-state index in [1.807, 2.05) is 36.4 Å². The molecule has 0 radical (unpaired) electrons. The maximum atomic E-state index is 11.3. The molecule has 0 bridgehead atoms. The second kappa shape index (κ2) is 5.42. The van der Waals surface area contributed by atoms with E-state index in [1.54, 1.807) is 18.2 Å². The summed E-state index contributed by atoms with van der Waals surface area (Å²) in [6.07, 6.45) is 0. The lowest BCUT2D eigenvalue weighted by Crippen LogP contribution is -2.19. The highest BCUT2D eigenvalue weighted by molar-refractivity contribution is 7.81. The third-order valence-corrected chi connectivity index (χ3v) is 2.79. The van der Waals surface area contributed by atoms with Crippen molar-refractivity contribution in [2.75, 3.05) is 5.32 Å². The number of amides is 1. The summed E-state index contributed by atoms with van der Waals surface area (Å²) in [5.41, 5.74) is 7.26. The number of thiocarbonyl (C=S) groups is 1. The molecule has 3 nitrogen and oxygen atoms in total. The van der Waals surface area contributed by atoms with Gasteiger partial charge in [-0.05, 0) is 18.2 Å². The standard InChI is InChI=1S/C14H12N2OS/c15-13(17)11-8-4-5-9-12(11)14(18)16-10-6-2-1-3-7-10/h1-9H,(H2,15,17)(H,16,18). The summed E-state index contributed by atoms with van der Waals surface area (Å²) in [5.74, 6) is -0.484. The summed E-state index contributed by atoms with van der Waals surface area (Å²) in [6.45, 7) is 0. The summed E-state index contributed by atoms with van der Waals surface area (Å²) < 4.78 is 0. The number of anilines is 1. The van der Waals surface area contributed by atoms with Crippen molar-refractivity contribution in [1.29, 1.82) is 0 Å². The van der Waals surface area contributed by atoms with Gasteiger partial charge in [0.05, 0.1) is 0 Å². The molecule has 2 rings (SSSR count). The smallest absolute Gasteiger partial charge is 0.249 e. The van der Waals surface area contributed by atoms with Gasteiger partial charge >= 0.3 is 0 Å². The Hall–Kier alpha value is -2.20. The Morgan fingerprint density at radius 1 is 0.944 bits per heavy atom. The average molecular weight is 256 g/mol. The van der Waals surface area contributed by atoms with E-state index in [-0.39, 0.29) is 0 Å². The fraction of sp³-hybridized carbons (Fsp3) is 0. The van der Waals surface area contributed by atoms with Crippen LogP contribution in [0.25, 0.3) is 0 Å². The Morgan fingerprint density at radius 3 is 2.11 bits per heavy atom. The summed E-state index contributed by atoms with van der Waals surface area (Å²) in [7, 11) is 0. The summed E-state index contributed by atoms with van der Waals surface area (Å²) in [4.78, 5) is 11.8. The molecule has 0 unspecified atom stereocenters. The highest BCUT2D eigenvalue weighted by Gasteiger charge is 2.11. The second-order valence-electron chi connectivity index (χ2n) is 3.73. The zero-order valence-electron chi connectivity index (χ0n) is 9.59. The highest BCUT2D eigenvalue weighted by Crippen LogP contribution is 2.13. The van der Waals surface area contributed by atoms with E-state index in [0.29, 0.717) is 16.1 Å². The molecule has 0 atom stereocenters. The van der Waals surface area contributed by atoms with Crippen LogP contribution in [0.1, 0.15) is 15.9 Å². The molecule has 1 amide bonds. The van der Waals surface area contributed by atoms with Crippen molar-refractivity contribution in [3.8, 4) is 0 Å². The van der Waals surface area contributed by atoms with Crippen LogP contribution in [0, 0.1) is 0 Å². The van der Waals surface area contributed by atoms with Crippen LogP contribution in [0.4, 0.5) is 5.69 Å². The quantitative estimate of drug-likeness (QED) is 0.830. The van der Waals surface area contributed by atoms with Gasteiger partial charge in [0.2, 0.25) is 5.91 Å². The molecule has 0 spiro atoms. The molecule has 0 saturated heterocycles. The van der Waals surface area contributed by atoms with Crippen LogP contribution in [0.15, 0.2) is 54.6 Å². The first kappa shape index (κ1) is 12.3. The zero-order chi connectivity index (χ0) is 13.0. The highest BCUT2D eigenvalue weighted by atomic mass is 32.1. The van der Waals surface area contributed by atoms with Gasteiger partial charge in [0.25, 0.3) is 0 Å². The number of carbonyl (C=O) groups excluding carboxylic acids is 1. The number of hydrogen-bond acceptors (Lipinski definition) is 2. The molecule has 2 aromatic rings. The van der Waals surface area contributed by atoms with E-state index in [1.165, 1.54) is 0 Å². The molecule has 3 N–H and O–H groups in total. The lowest BCUT2D eigenvalue weighted by Gasteiger charge is -2.10. The van der Waals surface area contributed by atoms with Gasteiger partial charge in [0.15, 0.2) is 0 Å². The van der Waals surface area contributed by atoms with Crippen molar-refractivity contribution in [2.24, 2.45) is 5.73 Å². The minimum atomic E-state index is -0.484. The summed E-state index contributed by atoms with van der Waals surface area (Å²) in [5, 5.41) is 3.08. The van der Waals surface area contributed by atoms with Gasteiger partial charge in [-0.1, -0.05) is 48.6 Å². The number of nitrogens with two attached hydrogens (primary N) is 1. The lowest BCUT2D eigenvalue weighted by atomic mass is 10.1. The van der Waals surface area contributed by atoms with E-state index in [4.69, 9.17) is 18.0 Å². The second-order valence-corrected chi connectivity index (χ2v) is 4.14. The van der Waals surface area contributed by atoms with Gasteiger partial charge in [-0.3, -0.25) is 4.79 Å². The van der Waals surface area contributed by atoms with Crippen LogP contribution in [-0.4, -0.2) is 10.9 Å². The van der Waals surface area contributed by atoms with E-state index >= 15 is 0 Å². The Balaban J connectivity index is 2.27. The largest absolute Gasteiger partial charge is 0.366 e. The molecule has 0 aliphatic heterocycles. The van der Waals surface area contributed by atoms with Gasteiger partial charge in [-0.25, -0.2) is 0 Å². The lowest BCUT2D eigenvalue weighted by molar-refractivity contribution is 0.1000. The maximum Gasteiger partial charge on any atom is 0.249 e. The first-order chi connectivity index (χ1) is 8.68. The third kappa shape index (κ3) is 2.73. The minimum Gasteiger partial charge on any atom is -0.366 e. The van der Waals surface area contributed by atoms with E-state index < -0.39 is 5.91 Å². The fourth-order valence-electron chi connectivity index (χ4n) is 1.62. The zero-order valence-corrected chi connectivity index (χ0v) is 10.4. The van der Waals surface area contributed by atoms with Crippen LogP contribution < -0.4 is 11.1 Å². The van der Waals surface area contributed by atoms with Crippen molar-refractivity contribution < 1.29 is 4.79 Å². The minimum absolute atomic E-state index is 0.422. The molecule has 2 aromatic carbocycles. The molecule has 4 heteroatoms. The molecular weight excluding hydrogens is 244 g/mol. The van der Waals surface area contributed by atoms with Crippen LogP contribution in [0.3, 0.4) is 0 Å². The van der Waals surface area contributed by atoms with Gasteiger partial charge in [0, 0.05) is 16.8 Å². The fourth-order valence-corrected chi connectivity index (χ4v) is 1.91. The van der Waals surface area contributed by atoms with Crippen molar-refractivity contribution in [1.82, 2.24) is 0 Å². The molecule has 0 saturated carbocycles. The van der Waals surface area contributed by atoms with Gasteiger partial charge in [0.1, 0.15) is 4.99 Å². The van der Waals surface area contributed by atoms with E-state index in [2.05, 4.69) is 5.32 Å². The molecule has 0 aliphatic carbocycles. The topological polar surface area (TPSA) is 55.1 Å². The van der Waals surface area contributed by atoms with Crippen molar-refractivity contribution in [3.05, 3.63) is 65.7 Å². The van der Waals surface area contributed by atoms with Gasteiger partial charge < -0.3 is 11.1 Å². The number of rotatable bonds is 3. The van der Waals surface area contributed by atoms with Gasteiger partial charge in [-0.15, -0.1) is 0 Å². The first-order valence-corrected chi connectivity index (χ1v) is 5.84. The molecule has 0 fully saturated rings. The van der Waals surface area contributed by atoms with Crippen LogP contribution in [0.2, 0.25) is 0 Å². The Kier molecular flexibility index (Phi) is 3.69. The molecule has 0 aliphatic rings. The normalized spacial score (nSPS) is 9.78. The molecule has 0 heterocycles. The number of para-hydroxylation sites is 1. The number of benzene rings is 2. The SMILES string of the molecule is NC(=O)c1ccccc1C(=S)Nc1ccccc1. The van der Waals surface area contributed by atoms with Crippen molar-refractivity contribution in [3.63, 3.8) is 0 Å². The number of nitrogens with one attached hydrogen (secondary N) is 1. The molecular formula is C14H12N2OS. The monoisotopic (exact) mass is 256 g/mol. The molecule has 90 valence electrons. The van der Waals surface area contributed by atoms with E-state index in [9.17, 15) is 4.79 Å². The van der Waals surface area contributed by atoms with Crippen LogP contribution >= 0.6 is 12.2 Å². The Labute approximate surface area is 111 Å². The molecule has 0 aromatic heterocycles. The predicted octanol–water partition coefficient (Wildman–Crippen LogP) is 2.57. The predicted molar refractivity (Wildman–Crippen MR) is 76.7 cm³/mol. The van der Waals surface area contributed by atoms with Crippen molar-refractivity contribution in [2.45, 2.75) is 0 Å². The average Bonchev–Trinajstić information content (AvgIpc) is 2.40.